The number of sulfonamides is 1. The second-order valence-electron chi connectivity index (χ2n) is 10.8. The summed E-state index contributed by atoms with van der Waals surface area (Å²) in [7, 11) is 1.03. The monoisotopic (exact) mass is 593 g/mol. The van der Waals surface area contributed by atoms with Crippen molar-refractivity contribution in [3.05, 3.63) is 77.9 Å². The predicted molar refractivity (Wildman–Crippen MR) is 162 cm³/mol. The molecule has 2 fully saturated rings. The van der Waals surface area contributed by atoms with Crippen molar-refractivity contribution in [3.8, 4) is 17.2 Å². The first-order valence-corrected chi connectivity index (χ1v) is 15.8. The second kappa shape index (κ2) is 13.0. The van der Waals surface area contributed by atoms with Crippen molar-refractivity contribution in [1.82, 2.24) is 9.21 Å². The zero-order valence-electron chi connectivity index (χ0n) is 24.5. The number of amides is 1. The maximum absolute atomic E-state index is 13.7. The van der Waals surface area contributed by atoms with Crippen molar-refractivity contribution >= 4 is 21.6 Å². The first-order valence-electron chi connectivity index (χ1n) is 14.3. The predicted octanol–water partition coefficient (Wildman–Crippen LogP) is 4.32. The third-order valence-corrected chi connectivity index (χ3v) is 10.1. The van der Waals surface area contributed by atoms with Gasteiger partial charge in [-0.15, -0.1) is 0 Å². The largest absolute Gasteiger partial charge is 0.497 e. The number of nitrogens with zero attached hydrogens (tertiary/aromatic N) is 3. The minimum Gasteiger partial charge on any atom is -0.497 e. The number of anilines is 1. The third kappa shape index (κ3) is 6.50. The van der Waals surface area contributed by atoms with Crippen molar-refractivity contribution in [3.63, 3.8) is 0 Å². The molecule has 0 saturated carbocycles. The van der Waals surface area contributed by atoms with Crippen LogP contribution in [0.25, 0.3) is 0 Å². The van der Waals surface area contributed by atoms with E-state index in [2.05, 4.69) is 17.0 Å². The molecule has 1 amide bonds. The van der Waals surface area contributed by atoms with E-state index < -0.39 is 10.0 Å². The van der Waals surface area contributed by atoms with Gasteiger partial charge in [0.15, 0.2) is 0 Å². The van der Waals surface area contributed by atoms with Crippen LogP contribution in [0.15, 0.2) is 71.6 Å². The van der Waals surface area contributed by atoms with Gasteiger partial charge in [-0.05, 0) is 61.1 Å². The molecule has 0 aliphatic carbocycles. The van der Waals surface area contributed by atoms with Gasteiger partial charge in [-0.1, -0.05) is 30.3 Å². The average Bonchev–Trinajstić information content (AvgIpc) is 3.04. The van der Waals surface area contributed by atoms with Crippen LogP contribution in [0.5, 0.6) is 17.2 Å². The summed E-state index contributed by atoms with van der Waals surface area (Å²) in [4.78, 5) is 17.4. The molecule has 2 heterocycles. The summed E-state index contributed by atoms with van der Waals surface area (Å²) >= 11 is 0. The molecular formula is C32H39N3O6S. The molecule has 9 nitrogen and oxygen atoms in total. The van der Waals surface area contributed by atoms with E-state index in [4.69, 9.17) is 14.2 Å². The van der Waals surface area contributed by atoms with Gasteiger partial charge in [-0.3, -0.25) is 4.79 Å². The van der Waals surface area contributed by atoms with Gasteiger partial charge in [-0.25, -0.2) is 8.42 Å². The number of methoxy groups -OCH3 is 3. The lowest BCUT2D eigenvalue weighted by atomic mass is 9.91. The zero-order valence-corrected chi connectivity index (χ0v) is 25.3. The number of piperidine rings is 1. The molecule has 0 unspecified atom stereocenters. The molecule has 0 atom stereocenters. The molecule has 42 heavy (non-hydrogen) atoms. The van der Waals surface area contributed by atoms with E-state index >= 15 is 0 Å². The van der Waals surface area contributed by atoms with Crippen LogP contribution in [-0.4, -0.2) is 84.1 Å². The standard InChI is InChI=1S/C32H39N3O6S/c1-39-27-20-26(21-28(22-27)40-2)32(36)34-17-15-33(16-18-34)30-23-29(9-10-31(30)41-3)42(37,38)35-13-11-25(12-14-35)19-24-7-5-4-6-8-24/h4-10,20-23,25H,11-19H2,1-3H3. The van der Waals surface area contributed by atoms with E-state index in [0.717, 1.165) is 19.3 Å². The Hall–Kier alpha value is -3.76. The van der Waals surface area contributed by atoms with E-state index in [1.165, 1.54) is 5.56 Å². The minimum atomic E-state index is -3.66. The second-order valence-corrected chi connectivity index (χ2v) is 12.7. The third-order valence-electron chi connectivity index (χ3n) is 8.23. The summed E-state index contributed by atoms with van der Waals surface area (Å²) in [6, 6.07) is 20.6. The van der Waals surface area contributed by atoms with Crippen molar-refractivity contribution < 1.29 is 27.4 Å². The Morgan fingerprint density at radius 3 is 2.02 bits per heavy atom. The van der Waals surface area contributed by atoms with Gasteiger partial charge in [0.1, 0.15) is 17.2 Å². The molecule has 10 heteroatoms. The summed E-state index contributed by atoms with van der Waals surface area (Å²) < 4.78 is 45.2. The SMILES string of the molecule is COc1cc(OC)cc(C(=O)N2CCN(c3cc(S(=O)(=O)N4CCC(Cc5ccccc5)CC4)ccc3OC)CC2)c1. The van der Waals surface area contributed by atoms with Crippen molar-refractivity contribution in [2.24, 2.45) is 5.92 Å². The van der Waals surface area contributed by atoms with Crippen LogP contribution in [0.3, 0.4) is 0 Å². The molecule has 3 aromatic rings. The zero-order chi connectivity index (χ0) is 29.7. The highest BCUT2D eigenvalue weighted by Gasteiger charge is 2.31. The lowest BCUT2D eigenvalue weighted by molar-refractivity contribution is 0.0746. The van der Waals surface area contributed by atoms with Crippen LogP contribution in [0.1, 0.15) is 28.8 Å². The van der Waals surface area contributed by atoms with E-state index in [1.807, 2.05) is 18.2 Å². The van der Waals surface area contributed by atoms with Crippen LogP contribution in [0.4, 0.5) is 5.69 Å². The molecule has 3 aromatic carbocycles. The van der Waals surface area contributed by atoms with Gasteiger partial charge in [0, 0.05) is 50.9 Å². The Morgan fingerprint density at radius 2 is 1.43 bits per heavy atom. The normalized spacial score (nSPS) is 16.7. The summed E-state index contributed by atoms with van der Waals surface area (Å²) in [6.45, 7) is 3.06. The lowest BCUT2D eigenvalue weighted by Crippen LogP contribution is -2.49. The molecule has 0 bridgehead atoms. The summed E-state index contributed by atoms with van der Waals surface area (Å²) in [6.07, 6.45) is 2.65. The number of rotatable bonds is 9. The minimum absolute atomic E-state index is 0.106. The molecule has 0 spiro atoms. The van der Waals surface area contributed by atoms with E-state index in [-0.39, 0.29) is 10.8 Å². The molecule has 2 aliphatic heterocycles. The molecule has 2 aliphatic rings. The number of hydrogen-bond acceptors (Lipinski definition) is 7. The maximum atomic E-state index is 13.7. The van der Waals surface area contributed by atoms with Crippen molar-refractivity contribution in [2.75, 3.05) is 65.5 Å². The average molecular weight is 594 g/mol. The molecule has 0 radical (unpaired) electrons. The van der Waals surface area contributed by atoms with Crippen LogP contribution in [0.2, 0.25) is 0 Å². The van der Waals surface area contributed by atoms with E-state index in [0.29, 0.717) is 73.7 Å². The highest BCUT2D eigenvalue weighted by Crippen LogP contribution is 2.34. The van der Waals surface area contributed by atoms with Gasteiger partial charge < -0.3 is 24.0 Å². The smallest absolute Gasteiger partial charge is 0.254 e. The molecule has 0 N–H and O–H groups in total. The van der Waals surface area contributed by atoms with Crippen molar-refractivity contribution in [2.45, 2.75) is 24.2 Å². The van der Waals surface area contributed by atoms with Crippen LogP contribution in [0, 0.1) is 5.92 Å². The number of carbonyl (C=O) groups excluding carboxylic acids is 1. The Kier molecular flexibility index (Phi) is 9.23. The van der Waals surface area contributed by atoms with Gasteiger partial charge in [0.25, 0.3) is 5.91 Å². The molecule has 224 valence electrons. The first-order chi connectivity index (χ1) is 20.3. The van der Waals surface area contributed by atoms with Crippen LogP contribution in [-0.2, 0) is 16.4 Å². The van der Waals surface area contributed by atoms with Gasteiger partial charge >= 0.3 is 0 Å². The summed E-state index contributed by atoms with van der Waals surface area (Å²) in [5, 5.41) is 0. The molecular weight excluding hydrogens is 554 g/mol. The molecule has 5 rings (SSSR count). The lowest BCUT2D eigenvalue weighted by Gasteiger charge is -2.37. The topological polar surface area (TPSA) is 88.6 Å². The summed E-state index contributed by atoms with van der Waals surface area (Å²) in [5.74, 6) is 2.08. The Labute approximate surface area is 248 Å². The highest BCUT2D eigenvalue weighted by atomic mass is 32.2. The van der Waals surface area contributed by atoms with Crippen LogP contribution >= 0.6 is 0 Å². The fourth-order valence-electron chi connectivity index (χ4n) is 5.79. The first kappa shape index (κ1) is 29.7. The summed E-state index contributed by atoms with van der Waals surface area (Å²) in [5.41, 5.74) is 2.51. The Bertz CT molecular complexity index is 1460. The Balaban J connectivity index is 1.25. The van der Waals surface area contributed by atoms with E-state index in [9.17, 15) is 13.2 Å². The fraction of sp³-hybridized carbons (Fsp3) is 0.406. The quantitative estimate of drug-likeness (QED) is 0.365. The Morgan fingerprint density at radius 1 is 0.786 bits per heavy atom. The highest BCUT2D eigenvalue weighted by molar-refractivity contribution is 7.89. The number of piperazine rings is 1. The number of carbonyl (C=O) groups is 1. The maximum Gasteiger partial charge on any atom is 0.254 e. The number of ether oxygens (including phenoxy) is 3. The van der Waals surface area contributed by atoms with Gasteiger partial charge in [0.05, 0.1) is 31.9 Å². The fourth-order valence-corrected chi connectivity index (χ4v) is 7.28. The van der Waals surface area contributed by atoms with Crippen LogP contribution < -0.4 is 19.1 Å². The van der Waals surface area contributed by atoms with E-state index in [1.54, 1.807) is 66.9 Å². The molecule has 0 aromatic heterocycles. The number of hydrogen-bond donors (Lipinski definition) is 0. The van der Waals surface area contributed by atoms with Crippen molar-refractivity contribution in [1.29, 1.82) is 0 Å². The number of benzene rings is 3. The van der Waals surface area contributed by atoms with Gasteiger partial charge in [0.2, 0.25) is 10.0 Å². The molecule has 2 saturated heterocycles. The van der Waals surface area contributed by atoms with Gasteiger partial charge in [-0.2, -0.15) is 4.31 Å².